The lowest BCUT2D eigenvalue weighted by molar-refractivity contribution is 0.0574. The number of hydrogen-bond acceptors (Lipinski definition) is 2. The van der Waals surface area contributed by atoms with Gasteiger partial charge in [0.2, 0.25) is 0 Å². The van der Waals surface area contributed by atoms with Crippen molar-refractivity contribution in [2.24, 2.45) is 0 Å². The molecule has 1 atom stereocenters. The SMILES string of the molecule is O=C(c1ccc(F)cc1)N1CCCCC1CCO. The van der Waals surface area contributed by atoms with Crippen molar-refractivity contribution in [3.05, 3.63) is 35.6 Å². The van der Waals surface area contributed by atoms with Gasteiger partial charge in [-0.1, -0.05) is 0 Å². The number of likely N-dealkylation sites (tertiary alicyclic amines) is 1. The van der Waals surface area contributed by atoms with E-state index in [1.807, 2.05) is 4.90 Å². The second-order valence-electron chi connectivity index (χ2n) is 4.67. The summed E-state index contributed by atoms with van der Waals surface area (Å²) >= 11 is 0. The maximum atomic E-state index is 12.8. The Morgan fingerprint density at radius 2 is 2.06 bits per heavy atom. The van der Waals surface area contributed by atoms with Crippen LogP contribution in [0.25, 0.3) is 0 Å². The van der Waals surface area contributed by atoms with Gasteiger partial charge in [-0.05, 0) is 49.9 Å². The van der Waals surface area contributed by atoms with E-state index < -0.39 is 0 Å². The average Bonchev–Trinajstić information content (AvgIpc) is 2.40. The lowest BCUT2D eigenvalue weighted by Crippen LogP contribution is -2.44. The molecule has 1 fully saturated rings. The molecule has 0 saturated carbocycles. The Morgan fingerprint density at radius 1 is 1.33 bits per heavy atom. The van der Waals surface area contributed by atoms with Gasteiger partial charge in [0.1, 0.15) is 5.82 Å². The monoisotopic (exact) mass is 251 g/mol. The lowest BCUT2D eigenvalue weighted by Gasteiger charge is -2.35. The third-order valence-electron chi connectivity index (χ3n) is 3.44. The van der Waals surface area contributed by atoms with Crippen LogP contribution in [0.1, 0.15) is 36.0 Å². The molecule has 1 aromatic rings. The van der Waals surface area contributed by atoms with Crippen LogP contribution in [0.4, 0.5) is 4.39 Å². The molecule has 1 aliphatic heterocycles. The van der Waals surface area contributed by atoms with Gasteiger partial charge in [0, 0.05) is 24.8 Å². The van der Waals surface area contributed by atoms with Gasteiger partial charge in [-0.2, -0.15) is 0 Å². The quantitative estimate of drug-likeness (QED) is 0.894. The van der Waals surface area contributed by atoms with Gasteiger partial charge in [0.25, 0.3) is 5.91 Å². The van der Waals surface area contributed by atoms with E-state index >= 15 is 0 Å². The number of rotatable bonds is 3. The predicted octanol–water partition coefficient (Wildman–Crippen LogP) is 2.20. The Hall–Kier alpha value is -1.42. The van der Waals surface area contributed by atoms with Crippen LogP contribution < -0.4 is 0 Å². The number of carbonyl (C=O) groups is 1. The molecule has 98 valence electrons. The molecule has 0 spiro atoms. The number of benzene rings is 1. The Balaban J connectivity index is 2.12. The average molecular weight is 251 g/mol. The molecule has 1 aromatic carbocycles. The van der Waals surface area contributed by atoms with Gasteiger partial charge in [-0.3, -0.25) is 4.79 Å². The van der Waals surface area contributed by atoms with Gasteiger partial charge >= 0.3 is 0 Å². The number of halogens is 1. The Morgan fingerprint density at radius 3 is 2.72 bits per heavy atom. The molecule has 3 nitrogen and oxygen atoms in total. The molecule has 18 heavy (non-hydrogen) atoms. The fourth-order valence-corrected chi connectivity index (χ4v) is 2.48. The standard InChI is InChI=1S/C14H18FNO2/c15-12-6-4-11(5-7-12)14(18)16-9-2-1-3-13(16)8-10-17/h4-7,13,17H,1-3,8-10H2. The maximum absolute atomic E-state index is 12.8. The summed E-state index contributed by atoms with van der Waals surface area (Å²) in [4.78, 5) is 14.1. The minimum absolute atomic E-state index is 0.0619. The van der Waals surface area contributed by atoms with Crippen molar-refractivity contribution < 1.29 is 14.3 Å². The van der Waals surface area contributed by atoms with Crippen molar-refractivity contribution in [2.45, 2.75) is 31.7 Å². The van der Waals surface area contributed by atoms with E-state index in [-0.39, 0.29) is 24.4 Å². The Kier molecular flexibility index (Phi) is 4.31. The zero-order valence-electron chi connectivity index (χ0n) is 10.3. The van der Waals surface area contributed by atoms with E-state index in [1.54, 1.807) is 0 Å². The third-order valence-corrected chi connectivity index (χ3v) is 3.44. The number of carbonyl (C=O) groups excluding carboxylic acids is 1. The summed E-state index contributed by atoms with van der Waals surface area (Å²) in [5.74, 6) is -0.398. The normalized spacial score (nSPS) is 19.9. The second-order valence-corrected chi connectivity index (χ2v) is 4.67. The summed E-state index contributed by atoms with van der Waals surface area (Å²) in [6.45, 7) is 0.818. The first-order chi connectivity index (χ1) is 8.72. The van der Waals surface area contributed by atoms with Gasteiger partial charge in [0.15, 0.2) is 0 Å². The lowest BCUT2D eigenvalue weighted by atomic mass is 9.98. The van der Waals surface area contributed by atoms with Crippen molar-refractivity contribution in [3.63, 3.8) is 0 Å². The maximum Gasteiger partial charge on any atom is 0.254 e. The molecule has 1 amide bonds. The highest BCUT2D eigenvalue weighted by Crippen LogP contribution is 2.21. The van der Waals surface area contributed by atoms with Crippen LogP contribution in [0.3, 0.4) is 0 Å². The molecule has 0 radical (unpaired) electrons. The number of piperidine rings is 1. The Labute approximate surface area is 106 Å². The van der Waals surface area contributed by atoms with Crippen LogP contribution in [0.2, 0.25) is 0 Å². The molecule has 0 aliphatic carbocycles. The zero-order chi connectivity index (χ0) is 13.0. The summed E-state index contributed by atoms with van der Waals surface area (Å²) < 4.78 is 12.8. The number of aliphatic hydroxyl groups is 1. The fraction of sp³-hybridized carbons (Fsp3) is 0.500. The number of nitrogens with zero attached hydrogens (tertiary/aromatic N) is 1. The van der Waals surface area contributed by atoms with E-state index in [4.69, 9.17) is 5.11 Å². The van der Waals surface area contributed by atoms with E-state index in [1.165, 1.54) is 24.3 Å². The van der Waals surface area contributed by atoms with Crippen molar-refractivity contribution in [3.8, 4) is 0 Å². The van der Waals surface area contributed by atoms with Gasteiger partial charge < -0.3 is 10.0 Å². The van der Waals surface area contributed by atoms with Crippen LogP contribution in [-0.4, -0.2) is 35.1 Å². The summed E-state index contributed by atoms with van der Waals surface area (Å²) in [6, 6.07) is 5.75. The predicted molar refractivity (Wildman–Crippen MR) is 66.8 cm³/mol. The molecule has 0 aromatic heterocycles. The van der Waals surface area contributed by atoms with Gasteiger partial charge in [0.05, 0.1) is 0 Å². The zero-order valence-corrected chi connectivity index (χ0v) is 10.3. The Bertz CT molecular complexity index is 403. The summed E-state index contributed by atoms with van der Waals surface area (Å²) in [7, 11) is 0. The first kappa shape index (κ1) is 13.0. The molecule has 1 aliphatic rings. The van der Waals surface area contributed by atoms with Crippen molar-refractivity contribution in [1.82, 2.24) is 4.90 Å². The van der Waals surface area contributed by atoms with Crippen LogP contribution in [0.15, 0.2) is 24.3 Å². The molecule has 1 N–H and O–H groups in total. The minimum atomic E-state index is -0.336. The highest BCUT2D eigenvalue weighted by Gasteiger charge is 2.26. The van der Waals surface area contributed by atoms with Crippen LogP contribution in [0, 0.1) is 5.82 Å². The van der Waals surface area contributed by atoms with E-state index in [2.05, 4.69) is 0 Å². The molecule has 1 unspecified atom stereocenters. The van der Waals surface area contributed by atoms with Crippen LogP contribution in [0.5, 0.6) is 0 Å². The first-order valence-electron chi connectivity index (χ1n) is 6.40. The van der Waals surface area contributed by atoms with Crippen LogP contribution in [-0.2, 0) is 0 Å². The number of amides is 1. The molecular weight excluding hydrogens is 233 g/mol. The van der Waals surface area contributed by atoms with Crippen LogP contribution >= 0.6 is 0 Å². The highest BCUT2D eigenvalue weighted by atomic mass is 19.1. The van der Waals surface area contributed by atoms with E-state index in [9.17, 15) is 9.18 Å². The smallest absolute Gasteiger partial charge is 0.254 e. The minimum Gasteiger partial charge on any atom is -0.396 e. The largest absolute Gasteiger partial charge is 0.396 e. The molecule has 2 rings (SSSR count). The molecule has 0 bridgehead atoms. The summed E-state index contributed by atoms with van der Waals surface area (Å²) in [5, 5.41) is 9.04. The molecule has 1 saturated heterocycles. The third kappa shape index (κ3) is 2.88. The number of aliphatic hydroxyl groups excluding tert-OH is 1. The summed E-state index contributed by atoms with van der Waals surface area (Å²) in [5.41, 5.74) is 0.515. The number of hydrogen-bond donors (Lipinski definition) is 1. The molecule has 4 heteroatoms. The van der Waals surface area contributed by atoms with Crippen molar-refractivity contribution in [2.75, 3.05) is 13.2 Å². The molecular formula is C14H18FNO2. The van der Waals surface area contributed by atoms with Crippen molar-refractivity contribution >= 4 is 5.91 Å². The topological polar surface area (TPSA) is 40.5 Å². The first-order valence-corrected chi connectivity index (χ1v) is 6.40. The van der Waals surface area contributed by atoms with E-state index in [0.717, 1.165) is 25.8 Å². The second kappa shape index (κ2) is 5.96. The van der Waals surface area contributed by atoms with Crippen molar-refractivity contribution in [1.29, 1.82) is 0 Å². The fourth-order valence-electron chi connectivity index (χ4n) is 2.48. The highest BCUT2D eigenvalue weighted by molar-refractivity contribution is 5.94. The summed E-state index contributed by atoms with van der Waals surface area (Å²) in [6.07, 6.45) is 3.65. The van der Waals surface area contributed by atoms with Gasteiger partial charge in [-0.25, -0.2) is 4.39 Å². The van der Waals surface area contributed by atoms with Gasteiger partial charge in [-0.15, -0.1) is 0 Å². The van der Waals surface area contributed by atoms with E-state index in [0.29, 0.717) is 12.0 Å². The molecule has 1 heterocycles.